The van der Waals surface area contributed by atoms with E-state index in [-0.39, 0.29) is 41.5 Å². The van der Waals surface area contributed by atoms with Gasteiger partial charge in [-0.1, -0.05) is 42.8 Å². The summed E-state index contributed by atoms with van der Waals surface area (Å²) in [6, 6.07) is 12.5. The van der Waals surface area contributed by atoms with E-state index in [4.69, 9.17) is 11.6 Å². The topological polar surface area (TPSA) is 75.3 Å². The smallest absolute Gasteiger partial charge is 0.253 e. The quantitative estimate of drug-likeness (QED) is 0.647. The highest BCUT2D eigenvalue weighted by Gasteiger charge is 2.24. The van der Waals surface area contributed by atoms with Gasteiger partial charge < -0.3 is 10.6 Å². The fraction of sp³-hybridized carbons (Fsp3) is 0.318. The highest BCUT2D eigenvalue weighted by Crippen LogP contribution is 2.24. The molecule has 0 heterocycles. The van der Waals surface area contributed by atoms with Crippen LogP contribution in [0.25, 0.3) is 0 Å². The van der Waals surface area contributed by atoms with Gasteiger partial charge in [-0.05, 0) is 43.0 Å². The van der Waals surface area contributed by atoms with Crippen LogP contribution in [0.2, 0.25) is 5.02 Å². The molecule has 146 valence electrons. The van der Waals surface area contributed by atoms with E-state index in [1.54, 1.807) is 30.3 Å². The van der Waals surface area contributed by atoms with Gasteiger partial charge in [-0.2, -0.15) is 0 Å². The fourth-order valence-electron chi connectivity index (χ4n) is 2.79. The Labute approximate surface area is 169 Å². The van der Waals surface area contributed by atoms with Crippen molar-refractivity contribution < 1.29 is 14.4 Å². The number of aryl methyl sites for hydroxylation is 1. The van der Waals surface area contributed by atoms with Gasteiger partial charge >= 0.3 is 0 Å². The molecule has 2 aromatic carbocycles. The summed E-state index contributed by atoms with van der Waals surface area (Å²) in [5.41, 5.74) is 2.66. The third-order valence-corrected chi connectivity index (χ3v) is 4.99. The van der Waals surface area contributed by atoms with E-state index in [2.05, 4.69) is 17.6 Å². The zero-order chi connectivity index (χ0) is 20.1. The minimum Gasteiger partial charge on any atom is -0.349 e. The van der Waals surface area contributed by atoms with Gasteiger partial charge in [0, 0.05) is 30.1 Å². The summed E-state index contributed by atoms with van der Waals surface area (Å²) in [6.45, 7) is 2.06. The Bertz CT molecular complexity index is 889. The molecule has 28 heavy (non-hydrogen) atoms. The van der Waals surface area contributed by atoms with Crippen molar-refractivity contribution in [1.82, 2.24) is 5.32 Å². The molecule has 0 aliphatic heterocycles. The number of rotatable bonds is 8. The maximum absolute atomic E-state index is 12.2. The van der Waals surface area contributed by atoms with Crippen LogP contribution in [-0.4, -0.2) is 23.6 Å². The first kappa shape index (κ1) is 20.1. The van der Waals surface area contributed by atoms with Gasteiger partial charge in [0.25, 0.3) is 5.91 Å². The lowest BCUT2D eigenvalue weighted by Crippen LogP contribution is -2.25. The van der Waals surface area contributed by atoms with Crippen molar-refractivity contribution in [2.24, 2.45) is 0 Å². The van der Waals surface area contributed by atoms with E-state index in [0.717, 1.165) is 19.3 Å². The van der Waals surface area contributed by atoms with Crippen LogP contribution in [0.15, 0.2) is 42.5 Å². The molecule has 2 N–H and O–H groups in total. The lowest BCUT2D eigenvalue weighted by Gasteiger charge is -2.09. The predicted molar refractivity (Wildman–Crippen MR) is 110 cm³/mol. The molecule has 0 bridgehead atoms. The summed E-state index contributed by atoms with van der Waals surface area (Å²) in [5.74, 6) is -0.544. The summed E-state index contributed by atoms with van der Waals surface area (Å²) >= 11 is 6.18. The minimum atomic E-state index is -0.273. The first-order valence-corrected chi connectivity index (χ1v) is 9.86. The van der Waals surface area contributed by atoms with Crippen molar-refractivity contribution in [1.29, 1.82) is 0 Å². The molecular formula is C22H23ClN2O3. The molecule has 1 aliphatic carbocycles. The van der Waals surface area contributed by atoms with Gasteiger partial charge in [0.15, 0.2) is 5.78 Å². The second-order valence-electron chi connectivity index (χ2n) is 6.96. The number of ketones is 1. The standard InChI is InChI=1S/C22H23ClN2O3/c1-2-14-3-5-15(6-4-14)20(26)11-12-21(27)24-17-9-10-18(19(23)13-17)22(28)25-16-7-8-16/h3-6,9-10,13,16H,2,7-8,11-12H2,1H3,(H,24,27)(H,25,28). The molecule has 1 fully saturated rings. The van der Waals surface area contributed by atoms with E-state index < -0.39 is 0 Å². The van der Waals surface area contributed by atoms with E-state index in [1.807, 2.05) is 12.1 Å². The summed E-state index contributed by atoms with van der Waals surface area (Å²) in [5, 5.41) is 5.88. The van der Waals surface area contributed by atoms with Gasteiger partial charge in [-0.25, -0.2) is 0 Å². The highest BCUT2D eigenvalue weighted by molar-refractivity contribution is 6.34. The molecule has 0 spiro atoms. The van der Waals surface area contributed by atoms with Crippen molar-refractivity contribution in [3.05, 3.63) is 64.2 Å². The molecule has 1 saturated carbocycles. The van der Waals surface area contributed by atoms with Crippen LogP contribution in [0.3, 0.4) is 0 Å². The molecule has 2 aromatic rings. The van der Waals surface area contributed by atoms with Crippen LogP contribution in [0, 0.1) is 0 Å². The number of halogens is 1. The number of hydrogen-bond donors (Lipinski definition) is 2. The average molecular weight is 399 g/mol. The van der Waals surface area contributed by atoms with Crippen LogP contribution in [0.5, 0.6) is 0 Å². The largest absolute Gasteiger partial charge is 0.349 e. The Morgan fingerprint density at radius 3 is 2.36 bits per heavy atom. The molecule has 0 aromatic heterocycles. The number of amides is 2. The molecule has 6 heteroatoms. The van der Waals surface area contributed by atoms with Crippen LogP contribution in [-0.2, 0) is 11.2 Å². The van der Waals surface area contributed by atoms with Gasteiger partial charge in [0.05, 0.1) is 10.6 Å². The van der Waals surface area contributed by atoms with Crippen molar-refractivity contribution in [2.75, 3.05) is 5.32 Å². The maximum atomic E-state index is 12.2. The number of carbonyl (C=O) groups is 3. The Kier molecular flexibility index (Phi) is 6.47. The molecule has 2 amide bonds. The first-order valence-electron chi connectivity index (χ1n) is 9.48. The van der Waals surface area contributed by atoms with Crippen LogP contribution < -0.4 is 10.6 Å². The molecule has 5 nitrogen and oxygen atoms in total. The Morgan fingerprint density at radius 2 is 1.75 bits per heavy atom. The lowest BCUT2D eigenvalue weighted by molar-refractivity contribution is -0.116. The minimum absolute atomic E-state index is 0.0667. The van der Waals surface area contributed by atoms with Crippen molar-refractivity contribution >= 4 is 34.9 Å². The van der Waals surface area contributed by atoms with Gasteiger partial charge in [0.2, 0.25) is 5.91 Å². The number of Topliss-reactive ketones (excluding diaryl/α,β-unsaturated/α-hetero) is 1. The van der Waals surface area contributed by atoms with Gasteiger partial charge in [-0.15, -0.1) is 0 Å². The summed E-state index contributed by atoms with van der Waals surface area (Å²) in [6.07, 6.45) is 3.13. The normalized spacial score (nSPS) is 13.1. The van der Waals surface area contributed by atoms with Crippen LogP contribution >= 0.6 is 11.6 Å². The van der Waals surface area contributed by atoms with Gasteiger partial charge in [0.1, 0.15) is 0 Å². The van der Waals surface area contributed by atoms with E-state index in [0.29, 0.717) is 16.8 Å². The fourth-order valence-corrected chi connectivity index (χ4v) is 3.06. The number of anilines is 1. The Balaban J connectivity index is 1.51. The van der Waals surface area contributed by atoms with Crippen molar-refractivity contribution in [3.8, 4) is 0 Å². The zero-order valence-electron chi connectivity index (χ0n) is 15.8. The molecule has 0 radical (unpaired) electrons. The Morgan fingerprint density at radius 1 is 1.04 bits per heavy atom. The maximum Gasteiger partial charge on any atom is 0.253 e. The highest BCUT2D eigenvalue weighted by atomic mass is 35.5. The third-order valence-electron chi connectivity index (χ3n) is 4.67. The summed E-state index contributed by atoms with van der Waals surface area (Å²) in [4.78, 5) is 36.5. The molecule has 0 unspecified atom stereocenters. The van der Waals surface area contributed by atoms with E-state index in [9.17, 15) is 14.4 Å². The number of carbonyl (C=O) groups excluding carboxylic acids is 3. The van der Waals surface area contributed by atoms with Crippen molar-refractivity contribution in [2.45, 2.75) is 45.1 Å². The number of nitrogens with one attached hydrogen (secondary N) is 2. The summed E-state index contributed by atoms with van der Waals surface area (Å²) < 4.78 is 0. The number of benzene rings is 2. The van der Waals surface area contributed by atoms with E-state index >= 15 is 0 Å². The zero-order valence-corrected chi connectivity index (χ0v) is 16.5. The van der Waals surface area contributed by atoms with Gasteiger partial charge in [-0.3, -0.25) is 14.4 Å². The first-order chi connectivity index (χ1) is 13.5. The van der Waals surface area contributed by atoms with Crippen LogP contribution in [0.4, 0.5) is 5.69 Å². The molecule has 0 saturated heterocycles. The third kappa shape index (κ3) is 5.42. The van der Waals surface area contributed by atoms with E-state index in [1.165, 1.54) is 5.56 Å². The Hall–Kier alpha value is -2.66. The lowest BCUT2D eigenvalue weighted by atomic mass is 10.0. The molecule has 1 aliphatic rings. The van der Waals surface area contributed by atoms with Crippen LogP contribution in [0.1, 0.15) is 58.9 Å². The number of hydrogen-bond acceptors (Lipinski definition) is 3. The van der Waals surface area contributed by atoms with Crippen molar-refractivity contribution in [3.63, 3.8) is 0 Å². The second-order valence-corrected chi connectivity index (χ2v) is 7.37. The second kappa shape index (κ2) is 9.02. The monoisotopic (exact) mass is 398 g/mol. The molecule has 0 atom stereocenters. The molecular weight excluding hydrogens is 376 g/mol. The molecule has 3 rings (SSSR count). The summed E-state index contributed by atoms with van der Waals surface area (Å²) in [7, 11) is 0. The SMILES string of the molecule is CCc1ccc(C(=O)CCC(=O)Nc2ccc(C(=O)NC3CC3)c(Cl)c2)cc1. The predicted octanol–water partition coefficient (Wildman–Crippen LogP) is 4.40. The average Bonchev–Trinajstić information content (AvgIpc) is 3.50.